The SMILES string of the molecule is Cc1nc(C2CN(C(C)C)CCO2)nc2c1CNC2. The summed E-state index contributed by atoms with van der Waals surface area (Å²) in [5.74, 6) is 0.852. The van der Waals surface area contributed by atoms with E-state index < -0.39 is 0 Å². The third-order valence-electron chi connectivity index (χ3n) is 4.03. The number of aromatic nitrogens is 2. The first-order valence-electron chi connectivity index (χ1n) is 7.08. The standard InChI is InChI=1S/C14H22N4O/c1-9(2)18-4-5-19-13(8-18)14-16-10(3)11-6-15-7-12(11)17-14/h9,13,15H,4-8H2,1-3H3. The highest BCUT2D eigenvalue weighted by atomic mass is 16.5. The van der Waals surface area contributed by atoms with Crippen LogP contribution in [0.15, 0.2) is 0 Å². The van der Waals surface area contributed by atoms with Crippen LogP contribution in [0.5, 0.6) is 0 Å². The van der Waals surface area contributed by atoms with Crippen LogP contribution in [0.2, 0.25) is 0 Å². The first kappa shape index (κ1) is 13.0. The summed E-state index contributed by atoms with van der Waals surface area (Å²) in [5.41, 5.74) is 3.50. The highest BCUT2D eigenvalue weighted by Crippen LogP contribution is 2.24. The lowest BCUT2D eigenvalue weighted by Crippen LogP contribution is -2.42. The van der Waals surface area contributed by atoms with E-state index in [0.717, 1.165) is 50.0 Å². The number of fused-ring (bicyclic) bond motifs is 1. The van der Waals surface area contributed by atoms with Gasteiger partial charge >= 0.3 is 0 Å². The Bertz CT molecular complexity index is 475. The molecule has 19 heavy (non-hydrogen) atoms. The Morgan fingerprint density at radius 3 is 2.95 bits per heavy atom. The third-order valence-corrected chi connectivity index (χ3v) is 4.03. The van der Waals surface area contributed by atoms with Crippen LogP contribution in [0.4, 0.5) is 0 Å². The summed E-state index contributed by atoms with van der Waals surface area (Å²) >= 11 is 0. The summed E-state index contributed by atoms with van der Waals surface area (Å²) in [6, 6.07) is 0.545. The van der Waals surface area contributed by atoms with Gasteiger partial charge < -0.3 is 10.1 Å². The zero-order valence-corrected chi connectivity index (χ0v) is 11.9. The van der Waals surface area contributed by atoms with E-state index in [1.807, 2.05) is 0 Å². The van der Waals surface area contributed by atoms with Crippen molar-refractivity contribution in [1.82, 2.24) is 20.2 Å². The Hall–Kier alpha value is -1.04. The van der Waals surface area contributed by atoms with Crippen LogP contribution in [-0.4, -0.2) is 40.6 Å². The molecule has 1 fully saturated rings. The van der Waals surface area contributed by atoms with E-state index in [0.29, 0.717) is 6.04 Å². The minimum atomic E-state index is 0.0146. The van der Waals surface area contributed by atoms with E-state index in [9.17, 15) is 0 Å². The van der Waals surface area contributed by atoms with Crippen molar-refractivity contribution in [2.45, 2.75) is 46.0 Å². The van der Waals surface area contributed by atoms with Gasteiger partial charge in [0.1, 0.15) is 6.10 Å². The summed E-state index contributed by atoms with van der Waals surface area (Å²) in [7, 11) is 0. The van der Waals surface area contributed by atoms with Crippen LogP contribution in [0.1, 0.15) is 42.7 Å². The molecule has 104 valence electrons. The molecule has 0 aliphatic carbocycles. The Kier molecular flexibility index (Phi) is 3.52. The van der Waals surface area contributed by atoms with Crippen LogP contribution in [-0.2, 0) is 17.8 Å². The molecule has 3 rings (SSSR count). The molecule has 2 aliphatic heterocycles. The van der Waals surface area contributed by atoms with E-state index in [1.165, 1.54) is 5.56 Å². The van der Waals surface area contributed by atoms with Crippen molar-refractivity contribution >= 4 is 0 Å². The van der Waals surface area contributed by atoms with Crippen molar-refractivity contribution in [3.05, 3.63) is 22.8 Å². The normalized spacial score (nSPS) is 23.9. The molecule has 1 atom stereocenters. The average Bonchev–Trinajstić information content (AvgIpc) is 2.87. The monoisotopic (exact) mass is 262 g/mol. The fraction of sp³-hybridized carbons (Fsp3) is 0.714. The lowest BCUT2D eigenvalue weighted by Gasteiger charge is -2.34. The molecule has 0 spiro atoms. The van der Waals surface area contributed by atoms with Crippen LogP contribution in [0, 0.1) is 6.92 Å². The molecule has 0 bridgehead atoms. The molecule has 1 saturated heterocycles. The largest absolute Gasteiger partial charge is 0.368 e. The molecular formula is C14H22N4O. The Balaban J connectivity index is 1.84. The van der Waals surface area contributed by atoms with Gasteiger partial charge in [0.05, 0.1) is 12.3 Å². The summed E-state index contributed by atoms with van der Waals surface area (Å²) in [6.07, 6.45) is 0.0146. The number of hydrogen-bond acceptors (Lipinski definition) is 5. The van der Waals surface area contributed by atoms with Crippen LogP contribution in [0.25, 0.3) is 0 Å². The van der Waals surface area contributed by atoms with Crippen molar-refractivity contribution in [3.8, 4) is 0 Å². The van der Waals surface area contributed by atoms with Gasteiger partial charge in [-0.25, -0.2) is 9.97 Å². The second kappa shape index (κ2) is 5.15. The van der Waals surface area contributed by atoms with Crippen molar-refractivity contribution in [2.24, 2.45) is 0 Å². The number of hydrogen-bond donors (Lipinski definition) is 1. The summed E-state index contributed by atoms with van der Waals surface area (Å²) in [4.78, 5) is 11.8. The quantitative estimate of drug-likeness (QED) is 0.867. The Morgan fingerprint density at radius 2 is 2.16 bits per heavy atom. The van der Waals surface area contributed by atoms with Gasteiger partial charge in [0.25, 0.3) is 0 Å². The molecule has 1 unspecified atom stereocenters. The highest BCUT2D eigenvalue weighted by Gasteiger charge is 2.27. The molecule has 0 saturated carbocycles. The smallest absolute Gasteiger partial charge is 0.158 e. The Labute approximate surface area is 114 Å². The number of morpholine rings is 1. The molecule has 0 aromatic carbocycles. The van der Waals surface area contributed by atoms with Crippen molar-refractivity contribution in [3.63, 3.8) is 0 Å². The van der Waals surface area contributed by atoms with E-state index in [4.69, 9.17) is 9.72 Å². The van der Waals surface area contributed by atoms with Gasteiger partial charge in [0.15, 0.2) is 5.82 Å². The first-order valence-corrected chi connectivity index (χ1v) is 7.08. The maximum atomic E-state index is 5.87. The van der Waals surface area contributed by atoms with Crippen LogP contribution < -0.4 is 5.32 Å². The van der Waals surface area contributed by atoms with E-state index in [2.05, 4.69) is 36.0 Å². The second-order valence-corrected chi connectivity index (χ2v) is 5.64. The van der Waals surface area contributed by atoms with E-state index in [1.54, 1.807) is 0 Å². The molecule has 1 aromatic heterocycles. The van der Waals surface area contributed by atoms with Gasteiger partial charge in [0, 0.05) is 43.5 Å². The predicted octanol–water partition coefficient (Wildman–Crippen LogP) is 1.17. The zero-order valence-electron chi connectivity index (χ0n) is 11.9. The van der Waals surface area contributed by atoms with Gasteiger partial charge in [-0.1, -0.05) is 0 Å². The molecular weight excluding hydrogens is 240 g/mol. The Morgan fingerprint density at radius 1 is 1.32 bits per heavy atom. The lowest BCUT2D eigenvalue weighted by atomic mass is 10.1. The maximum absolute atomic E-state index is 5.87. The van der Waals surface area contributed by atoms with Crippen molar-refractivity contribution in [2.75, 3.05) is 19.7 Å². The summed E-state index contributed by atoms with van der Waals surface area (Å²) in [5, 5.41) is 3.33. The third kappa shape index (κ3) is 2.50. The molecule has 1 N–H and O–H groups in total. The van der Waals surface area contributed by atoms with E-state index >= 15 is 0 Å². The van der Waals surface area contributed by atoms with Gasteiger partial charge in [-0.05, 0) is 20.8 Å². The predicted molar refractivity (Wildman–Crippen MR) is 72.7 cm³/mol. The number of ether oxygens (including phenoxy) is 1. The molecule has 0 radical (unpaired) electrons. The maximum Gasteiger partial charge on any atom is 0.158 e. The topological polar surface area (TPSA) is 50.3 Å². The number of aryl methyl sites for hydroxylation is 1. The molecule has 3 heterocycles. The molecule has 2 aliphatic rings. The van der Waals surface area contributed by atoms with Crippen molar-refractivity contribution in [1.29, 1.82) is 0 Å². The van der Waals surface area contributed by atoms with Gasteiger partial charge in [-0.15, -0.1) is 0 Å². The number of rotatable bonds is 2. The molecule has 5 heteroatoms. The lowest BCUT2D eigenvalue weighted by molar-refractivity contribution is -0.0444. The average molecular weight is 262 g/mol. The van der Waals surface area contributed by atoms with Gasteiger partial charge in [-0.3, -0.25) is 4.90 Å². The highest BCUT2D eigenvalue weighted by molar-refractivity contribution is 5.28. The fourth-order valence-electron chi connectivity index (χ4n) is 2.80. The molecule has 1 aromatic rings. The number of nitrogens with zero attached hydrogens (tertiary/aromatic N) is 3. The van der Waals surface area contributed by atoms with E-state index in [-0.39, 0.29) is 6.10 Å². The summed E-state index contributed by atoms with van der Waals surface area (Å²) < 4.78 is 5.87. The zero-order chi connectivity index (χ0) is 13.4. The summed E-state index contributed by atoms with van der Waals surface area (Å²) in [6.45, 7) is 10.9. The van der Waals surface area contributed by atoms with Crippen LogP contribution >= 0.6 is 0 Å². The molecule has 5 nitrogen and oxygen atoms in total. The first-order chi connectivity index (χ1) is 9.15. The van der Waals surface area contributed by atoms with Crippen LogP contribution in [0.3, 0.4) is 0 Å². The van der Waals surface area contributed by atoms with Gasteiger partial charge in [0.2, 0.25) is 0 Å². The van der Waals surface area contributed by atoms with Gasteiger partial charge in [-0.2, -0.15) is 0 Å². The minimum absolute atomic E-state index is 0.0146. The number of nitrogens with one attached hydrogen (secondary N) is 1. The van der Waals surface area contributed by atoms with Crippen molar-refractivity contribution < 1.29 is 4.74 Å². The fourth-order valence-corrected chi connectivity index (χ4v) is 2.80. The second-order valence-electron chi connectivity index (χ2n) is 5.64. The molecule has 0 amide bonds. The minimum Gasteiger partial charge on any atom is -0.368 e.